The predicted octanol–water partition coefficient (Wildman–Crippen LogP) is 6.35. The van der Waals surface area contributed by atoms with Crippen LogP contribution in [0.15, 0.2) is 48.5 Å². The van der Waals surface area contributed by atoms with Crippen LogP contribution in [0, 0.1) is 13.8 Å². The van der Waals surface area contributed by atoms with E-state index in [1.165, 1.54) is 0 Å². The second kappa shape index (κ2) is 9.21. The van der Waals surface area contributed by atoms with E-state index < -0.39 is 5.54 Å². The lowest BCUT2D eigenvalue weighted by molar-refractivity contribution is -0.155. The van der Waals surface area contributed by atoms with Crippen molar-refractivity contribution in [3.63, 3.8) is 0 Å². The third kappa shape index (κ3) is 3.52. The Morgan fingerprint density at radius 2 is 1.49 bits per heavy atom. The number of nitrogens with zero attached hydrogens (tertiary/aromatic N) is 1. The molecule has 1 spiro atoms. The Morgan fingerprint density at radius 1 is 0.914 bits per heavy atom. The molecule has 7 heteroatoms. The van der Waals surface area contributed by atoms with Gasteiger partial charge < -0.3 is 15.4 Å². The van der Waals surface area contributed by atoms with Gasteiger partial charge in [-0.25, -0.2) is 0 Å². The lowest BCUT2D eigenvalue weighted by atomic mass is 9.74. The summed E-state index contributed by atoms with van der Waals surface area (Å²) >= 11 is 3.46. The molecule has 0 saturated heterocycles. The van der Waals surface area contributed by atoms with Crippen LogP contribution in [0.2, 0.25) is 0 Å². The van der Waals surface area contributed by atoms with Gasteiger partial charge in [0.2, 0.25) is 0 Å². The summed E-state index contributed by atoms with van der Waals surface area (Å²) in [4.78, 5) is 20.1. The summed E-state index contributed by atoms with van der Waals surface area (Å²) in [7, 11) is 0. The number of carbonyl (C=O) groups excluding carboxylic acids is 1. The largest absolute Gasteiger partial charge is 0.456 e. The van der Waals surface area contributed by atoms with Crippen LogP contribution < -0.4 is 15.4 Å². The number of aryl methyl sites for hydroxylation is 2. The molecule has 3 aromatic rings. The first-order chi connectivity index (χ1) is 17.0. The topological polar surface area (TPSA) is 62.8 Å². The normalized spacial score (nSPS) is 14.9. The minimum Gasteiger partial charge on any atom is -0.456 e. The molecule has 2 aliphatic rings. The maximum absolute atomic E-state index is 13.8. The van der Waals surface area contributed by atoms with Gasteiger partial charge in [0.25, 0.3) is 5.91 Å². The maximum Gasteiger partial charge on any atom is 0.279 e. The van der Waals surface area contributed by atoms with Gasteiger partial charge in [0.05, 0.1) is 6.61 Å². The van der Waals surface area contributed by atoms with Crippen LogP contribution >= 0.6 is 15.9 Å². The highest BCUT2D eigenvalue weighted by atomic mass is 79.9. The second-order valence-corrected chi connectivity index (χ2v) is 9.66. The summed E-state index contributed by atoms with van der Waals surface area (Å²) < 4.78 is 6.57. The zero-order chi connectivity index (χ0) is 24.7. The molecule has 2 aliphatic heterocycles. The highest BCUT2D eigenvalue weighted by Gasteiger charge is 2.58. The third-order valence-electron chi connectivity index (χ3n) is 6.72. The predicted molar refractivity (Wildman–Crippen MR) is 143 cm³/mol. The van der Waals surface area contributed by atoms with Crippen LogP contribution in [0.25, 0.3) is 0 Å². The van der Waals surface area contributed by atoms with E-state index >= 15 is 0 Å². The van der Waals surface area contributed by atoms with Crippen LogP contribution in [-0.2, 0) is 10.4 Å². The summed E-state index contributed by atoms with van der Waals surface area (Å²) in [5.41, 5.74) is 6.54. The molecular weight excluding hydrogens is 506 g/mol. The highest BCUT2D eigenvalue weighted by Crippen LogP contribution is 2.58. The number of anilines is 2. The number of nitrogens with one attached hydrogen (secondary N) is 2. The molecule has 5 rings (SSSR count). The van der Waals surface area contributed by atoms with Crippen LogP contribution in [-0.4, -0.2) is 36.0 Å². The Labute approximate surface area is 214 Å². The molecule has 0 aromatic heterocycles. The van der Waals surface area contributed by atoms with Crippen molar-refractivity contribution in [2.75, 3.05) is 35.7 Å². The Hall–Kier alpha value is -3.03. The minimum absolute atomic E-state index is 0.151. The molecule has 0 unspecified atom stereocenters. The van der Waals surface area contributed by atoms with Crippen LogP contribution in [0.5, 0.6) is 11.5 Å². The number of halogens is 1. The number of amides is 1. The van der Waals surface area contributed by atoms with Gasteiger partial charge in [0.1, 0.15) is 11.5 Å². The van der Waals surface area contributed by atoms with Gasteiger partial charge >= 0.3 is 0 Å². The first-order valence-electron chi connectivity index (χ1n) is 12.1. The molecule has 0 atom stereocenters. The van der Waals surface area contributed by atoms with Gasteiger partial charge in [-0.05, 0) is 57.0 Å². The molecule has 0 fully saturated rings. The summed E-state index contributed by atoms with van der Waals surface area (Å²) in [5, 5.41) is 9.04. The lowest BCUT2D eigenvalue weighted by Crippen LogP contribution is -2.47. The number of hydrogen-bond acceptors (Lipinski definition) is 5. The SMILES string of the molecule is CCNc1cc2c(cc1C)C1(c3cc(C)c(NCC)cc3O2)c2ccccc2C(=O)N1OCCBr. The van der Waals surface area contributed by atoms with Crippen molar-refractivity contribution < 1.29 is 14.4 Å². The lowest BCUT2D eigenvalue weighted by Gasteiger charge is -2.43. The van der Waals surface area contributed by atoms with E-state index in [0.29, 0.717) is 29.0 Å². The number of rotatable bonds is 7. The fourth-order valence-corrected chi connectivity index (χ4v) is 5.43. The summed E-state index contributed by atoms with van der Waals surface area (Å²) in [5.74, 6) is 1.27. The molecule has 35 heavy (non-hydrogen) atoms. The number of carbonyl (C=O) groups is 1. The molecule has 182 valence electrons. The van der Waals surface area contributed by atoms with Crippen LogP contribution in [0.4, 0.5) is 11.4 Å². The zero-order valence-corrected chi connectivity index (χ0v) is 22.1. The third-order valence-corrected chi connectivity index (χ3v) is 7.04. The molecule has 2 N–H and O–H groups in total. The van der Waals surface area contributed by atoms with E-state index in [2.05, 4.69) is 66.4 Å². The molecule has 0 radical (unpaired) electrons. The molecule has 3 aromatic carbocycles. The van der Waals surface area contributed by atoms with Crippen molar-refractivity contribution in [1.29, 1.82) is 0 Å². The van der Waals surface area contributed by atoms with Crippen molar-refractivity contribution in [3.05, 3.63) is 81.9 Å². The van der Waals surface area contributed by atoms with Crippen molar-refractivity contribution >= 4 is 33.2 Å². The fraction of sp³-hybridized carbons (Fsp3) is 0.321. The second-order valence-electron chi connectivity index (χ2n) is 8.87. The van der Waals surface area contributed by atoms with Crippen LogP contribution in [0.3, 0.4) is 0 Å². The Kier molecular flexibility index (Phi) is 6.23. The average Bonchev–Trinajstić information content (AvgIpc) is 3.09. The monoisotopic (exact) mass is 535 g/mol. The molecule has 2 heterocycles. The van der Waals surface area contributed by atoms with E-state index in [1.54, 1.807) is 5.06 Å². The summed E-state index contributed by atoms with van der Waals surface area (Å²) in [6.07, 6.45) is 0. The molecular formula is C28H30BrN3O3. The fourth-order valence-electron chi connectivity index (χ4n) is 5.28. The molecule has 0 saturated carbocycles. The standard InChI is InChI=1S/C28H30BrN3O3/c1-5-30-23-15-25-21(13-17(23)3)28(22-14-18(4)24(31-6-2)16-26(22)35-25)20-10-8-7-9-19(20)27(33)32(28)34-12-11-29/h7-10,13-16,30-31H,5-6,11-12H2,1-4H3. The van der Waals surface area contributed by atoms with E-state index in [4.69, 9.17) is 9.57 Å². The zero-order valence-electron chi connectivity index (χ0n) is 20.5. The Bertz CT molecular complexity index is 1250. The van der Waals surface area contributed by atoms with Gasteiger partial charge in [0.15, 0.2) is 5.54 Å². The van der Waals surface area contributed by atoms with Gasteiger partial charge in [-0.15, -0.1) is 0 Å². The molecule has 1 amide bonds. The number of ether oxygens (including phenoxy) is 1. The quantitative estimate of drug-likeness (QED) is 0.345. The number of hydrogen-bond donors (Lipinski definition) is 2. The summed E-state index contributed by atoms with van der Waals surface area (Å²) in [6, 6.07) is 16.1. The van der Waals surface area contributed by atoms with Crippen molar-refractivity contribution in [2.24, 2.45) is 0 Å². The van der Waals surface area contributed by atoms with Crippen molar-refractivity contribution in [1.82, 2.24) is 5.06 Å². The number of benzene rings is 3. The smallest absolute Gasteiger partial charge is 0.279 e. The first kappa shape index (κ1) is 23.7. The van der Waals surface area contributed by atoms with Crippen molar-refractivity contribution in [3.8, 4) is 11.5 Å². The number of alkyl halides is 1. The number of hydroxylamine groups is 2. The number of fused-ring (bicyclic) bond motifs is 6. The Morgan fingerprint density at radius 3 is 2.03 bits per heavy atom. The average molecular weight is 536 g/mol. The maximum atomic E-state index is 13.8. The molecule has 0 aliphatic carbocycles. The highest BCUT2D eigenvalue weighted by molar-refractivity contribution is 9.09. The van der Waals surface area contributed by atoms with E-state index in [9.17, 15) is 4.79 Å². The van der Waals surface area contributed by atoms with Gasteiger partial charge in [-0.2, -0.15) is 5.06 Å². The van der Waals surface area contributed by atoms with Gasteiger partial charge in [0, 0.05) is 64.2 Å². The first-order valence-corrected chi connectivity index (χ1v) is 13.2. The van der Waals surface area contributed by atoms with E-state index in [0.717, 1.165) is 52.3 Å². The van der Waals surface area contributed by atoms with Crippen molar-refractivity contribution in [2.45, 2.75) is 33.2 Å². The van der Waals surface area contributed by atoms with E-state index in [-0.39, 0.29) is 5.91 Å². The van der Waals surface area contributed by atoms with Gasteiger partial charge in [-0.3, -0.25) is 9.63 Å². The Balaban J connectivity index is 1.88. The molecule has 6 nitrogen and oxygen atoms in total. The molecule has 0 bridgehead atoms. The summed E-state index contributed by atoms with van der Waals surface area (Å²) in [6.45, 7) is 10.3. The minimum atomic E-state index is -0.968. The van der Waals surface area contributed by atoms with Gasteiger partial charge in [-0.1, -0.05) is 34.1 Å². The van der Waals surface area contributed by atoms with E-state index in [1.807, 2.05) is 36.4 Å². The van der Waals surface area contributed by atoms with Crippen LogP contribution in [0.1, 0.15) is 52.0 Å².